The Kier molecular flexibility index (Phi) is 6.02. The molecule has 1 aliphatic heterocycles. The zero-order valence-corrected chi connectivity index (χ0v) is 20.6. The zero-order chi connectivity index (χ0) is 24.7. The van der Waals surface area contributed by atoms with Crippen LogP contribution in [0.15, 0.2) is 63.1 Å². The smallest absolute Gasteiger partial charge is 0.311 e. The molecule has 178 valence electrons. The van der Waals surface area contributed by atoms with Gasteiger partial charge in [-0.2, -0.15) is 0 Å². The number of aryl methyl sites for hydroxylation is 3. The molecule has 0 saturated carbocycles. The van der Waals surface area contributed by atoms with Gasteiger partial charge in [0.25, 0.3) is 5.56 Å². The number of rotatable bonds is 4. The molecule has 2 aromatic carbocycles. The third-order valence-electron chi connectivity index (χ3n) is 6.40. The number of fused-ring (bicyclic) bond motifs is 2. The molecule has 0 radical (unpaired) electrons. The quantitative estimate of drug-likeness (QED) is 0.325. The van der Waals surface area contributed by atoms with E-state index in [0.717, 1.165) is 39.8 Å². The van der Waals surface area contributed by atoms with Crippen LogP contribution in [0, 0.1) is 6.92 Å². The van der Waals surface area contributed by atoms with Gasteiger partial charge in [0.1, 0.15) is 10.4 Å². The lowest BCUT2D eigenvalue weighted by molar-refractivity contribution is -0.116. The van der Waals surface area contributed by atoms with E-state index in [9.17, 15) is 14.4 Å². The number of amides is 1. The number of hydrogen-bond donors (Lipinski definition) is 0. The molecule has 0 bridgehead atoms. The topological polar surface area (TPSA) is 90.1 Å². The SMILES string of the molecule is Cc1ccccc1-c1nc(SCC(=O)N2CCCc3ccccc32)c2c(=O)n(C)c(=O)n(C)c2n1. The van der Waals surface area contributed by atoms with Crippen LogP contribution < -0.4 is 16.1 Å². The summed E-state index contributed by atoms with van der Waals surface area (Å²) in [6.45, 7) is 2.61. The third-order valence-corrected chi connectivity index (χ3v) is 7.36. The predicted octanol–water partition coefficient (Wildman–Crippen LogP) is 3.07. The number of anilines is 1. The number of carbonyl (C=O) groups excluding carboxylic acids is 1. The number of thioether (sulfide) groups is 1. The van der Waals surface area contributed by atoms with Crippen LogP contribution >= 0.6 is 11.8 Å². The van der Waals surface area contributed by atoms with Crippen LogP contribution in [0.25, 0.3) is 22.4 Å². The third kappa shape index (κ3) is 4.05. The Labute approximate surface area is 206 Å². The molecule has 3 heterocycles. The minimum atomic E-state index is -0.474. The van der Waals surface area contributed by atoms with Crippen LogP contribution in [0.2, 0.25) is 0 Å². The first-order chi connectivity index (χ1) is 16.9. The Morgan fingerprint density at radius 3 is 2.54 bits per heavy atom. The monoisotopic (exact) mass is 487 g/mol. The molecule has 1 aliphatic rings. The van der Waals surface area contributed by atoms with E-state index >= 15 is 0 Å². The molecule has 1 amide bonds. The van der Waals surface area contributed by atoms with Crippen molar-refractivity contribution in [2.75, 3.05) is 17.2 Å². The molecular formula is C26H25N5O3S. The minimum Gasteiger partial charge on any atom is -0.311 e. The number of para-hydroxylation sites is 1. The van der Waals surface area contributed by atoms with E-state index in [0.29, 0.717) is 17.4 Å². The molecule has 0 N–H and O–H groups in total. The van der Waals surface area contributed by atoms with Crippen LogP contribution in [0.5, 0.6) is 0 Å². The highest BCUT2D eigenvalue weighted by Crippen LogP contribution is 2.30. The number of hydrogen-bond acceptors (Lipinski definition) is 6. The summed E-state index contributed by atoms with van der Waals surface area (Å²) in [7, 11) is 3.02. The molecular weight excluding hydrogens is 462 g/mol. The molecule has 0 fully saturated rings. The van der Waals surface area contributed by atoms with Crippen molar-refractivity contribution < 1.29 is 4.79 Å². The van der Waals surface area contributed by atoms with Gasteiger partial charge in [0.2, 0.25) is 5.91 Å². The molecule has 35 heavy (non-hydrogen) atoms. The van der Waals surface area contributed by atoms with Crippen molar-refractivity contribution in [1.29, 1.82) is 0 Å². The summed E-state index contributed by atoms with van der Waals surface area (Å²) >= 11 is 1.21. The summed E-state index contributed by atoms with van der Waals surface area (Å²) in [6, 6.07) is 15.6. The molecule has 0 spiro atoms. The molecule has 0 saturated heterocycles. The van der Waals surface area contributed by atoms with Gasteiger partial charge in [0, 0.05) is 31.9 Å². The molecule has 0 unspecified atom stereocenters. The van der Waals surface area contributed by atoms with Crippen LogP contribution in [0.1, 0.15) is 17.5 Å². The summed E-state index contributed by atoms with van der Waals surface area (Å²) in [6.07, 6.45) is 1.86. The van der Waals surface area contributed by atoms with Gasteiger partial charge in [-0.05, 0) is 37.0 Å². The number of nitrogens with zero attached hydrogens (tertiary/aromatic N) is 5. The number of benzene rings is 2. The first-order valence-electron chi connectivity index (χ1n) is 11.4. The fourth-order valence-electron chi connectivity index (χ4n) is 4.48. The summed E-state index contributed by atoms with van der Waals surface area (Å²) in [5, 5.41) is 0.631. The standard InChI is InChI=1S/C26H25N5O3S/c1-16-9-4-6-12-18(16)22-27-23-21(25(33)30(3)26(34)29(23)2)24(28-22)35-15-20(32)31-14-8-11-17-10-5-7-13-19(17)31/h4-7,9-10,12-13H,8,11,14-15H2,1-3H3. The molecule has 2 aromatic heterocycles. The van der Waals surface area contributed by atoms with Crippen molar-refractivity contribution in [2.24, 2.45) is 14.1 Å². The lowest BCUT2D eigenvalue weighted by Crippen LogP contribution is -2.38. The average molecular weight is 488 g/mol. The Balaban J connectivity index is 1.59. The van der Waals surface area contributed by atoms with Crippen molar-refractivity contribution in [1.82, 2.24) is 19.1 Å². The van der Waals surface area contributed by atoms with Crippen molar-refractivity contribution >= 4 is 34.4 Å². The summed E-state index contributed by atoms with van der Waals surface area (Å²) < 4.78 is 2.40. The van der Waals surface area contributed by atoms with E-state index in [1.165, 1.54) is 23.4 Å². The highest BCUT2D eigenvalue weighted by Gasteiger charge is 2.24. The fraction of sp³-hybridized carbons (Fsp3) is 0.269. The Morgan fingerprint density at radius 2 is 1.74 bits per heavy atom. The average Bonchev–Trinajstić information content (AvgIpc) is 2.88. The summed E-state index contributed by atoms with van der Waals surface area (Å²) in [4.78, 5) is 50.1. The largest absolute Gasteiger partial charge is 0.332 e. The molecule has 4 aromatic rings. The maximum atomic E-state index is 13.3. The second-order valence-corrected chi connectivity index (χ2v) is 9.60. The zero-order valence-electron chi connectivity index (χ0n) is 19.8. The normalized spacial score (nSPS) is 13.2. The second kappa shape index (κ2) is 9.14. The molecule has 9 heteroatoms. The van der Waals surface area contributed by atoms with E-state index in [2.05, 4.69) is 11.1 Å². The van der Waals surface area contributed by atoms with Gasteiger partial charge in [0.05, 0.1) is 5.75 Å². The van der Waals surface area contributed by atoms with Crippen LogP contribution in [0.3, 0.4) is 0 Å². The lowest BCUT2D eigenvalue weighted by Gasteiger charge is -2.29. The van der Waals surface area contributed by atoms with Crippen LogP contribution in [0.4, 0.5) is 5.69 Å². The Morgan fingerprint density at radius 1 is 1.00 bits per heavy atom. The van der Waals surface area contributed by atoms with Crippen LogP contribution in [-0.2, 0) is 25.3 Å². The number of carbonyl (C=O) groups is 1. The van der Waals surface area contributed by atoms with Gasteiger partial charge in [-0.25, -0.2) is 14.8 Å². The Bertz CT molecular complexity index is 1590. The first-order valence-corrected chi connectivity index (χ1v) is 12.4. The van der Waals surface area contributed by atoms with Gasteiger partial charge in [-0.1, -0.05) is 54.2 Å². The van der Waals surface area contributed by atoms with E-state index in [4.69, 9.17) is 4.98 Å². The van der Waals surface area contributed by atoms with Gasteiger partial charge >= 0.3 is 5.69 Å². The predicted molar refractivity (Wildman–Crippen MR) is 138 cm³/mol. The number of aromatic nitrogens is 4. The van der Waals surface area contributed by atoms with Crippen molar-refractivity contribution in [3.8, 4) is 11.4 Å². The summed E-state index contributed by atoms with van der Waals surface area (Å²) in [5.41, 5.74) is 3.19. The van der Waals surface area contributed by atoms with Crippen molar-refractivity contribution in [2.45, 2.75) is 24.8 Å². The maximum Gasteiger partial charge on any atom is 0.332 e. The van der Waals surface area contributed by atoms with E-state index in [1.54, 1.807) is 7.05 Å². The maximum absolute atomic E-state index is 13.3. The minimum absolute atomic E-state index is 0.0482. The summed E-state index contributed by atoms with van der Waals surface area (Å²) in [5.74, 6) is 0.477. The first kappa shape index (κ1) is 23.0. The van der Waals surface area contributed by atoms with Crippen molar-refractivity contribution in [3.05, 3.63) is 80.5 Å². The van der Waals surface area contributed by atoms with Gasteiger partial charge in [0.15, 0.2) is 11.5 Å². The fourth-order valence-corrected chi connectivity index (χ4v) is 5.37. The van der Waals surface area contributed by atoms with E-state index in [-0.39, 0.29) is 22.7 Å². The highest BCUT2D eigenvalue weighted by atomic mass is 32.2. The molecule has 0 aliphatic carbocycles. The molecule has 8 nitrogen and oxygen atoms in total. The van der Waals surface area contributed by atoms with Crippen LogP contribution in [-0.4, -0.2) is 37.3 Å². The molecule has 0 atom stereocenters. The van der Waals surface area contributed by atoms with E-state index < -0.39 is 11.2 Å². The van der Waals surface area contributed by atoms with Gasteiger partial charge in [-0.15, -0.1) is 0 Å². The highest BCUT2D eigenvalue weighted by molar-refractivity contribution is 8.00. The van der Waals surface area contributed by atoms with E-state index in [1.807, 2.05) is 54.3 Å². The van der Waals surface area contributed by atoms with Crippen molar-refractivity contribution in [3.63, 3.8) is 0 Å². The molecule has 5 rings (SSSR count). The second-order valence-electron chi connectivity index (χ2n) is 8.64. The van der Waals surface area contributed by atoms with Gasteiger partial charge < -0.3 is 4.90 Å². The Hall–Kier alpha value is -3.72. The lowest BCUT2D eigenvalue weighted by atomic mass is 10.0. The van der Waals surface area contributed by atoms with Gasteiger partial charge in [-0.3, -0.25) is 18.7 Å².